The fourth-order valence-electron chi connectivity index (χ4n) is 1.77. The number of hydrogen-bond donors (Lipinski definition) is 2. The van der Waals surface area contributed by atoms with Crippen LogP contribution in [0.2, 0.25) is 0 Å². The van der Waals surface area contributed by atoms with Gasteiger partial charge in [0.2, 0.25) is 5.91 Å². The average molecular weight is 289 g/mol. The Morgan fingerprint density at radius 3 is 2.30 bits per heavy atom. The van der Waals surface area contributed by atoms with Gasteiger partial charge in [-0.2, -0.15) is 0 Å². The van der Waals surface area contributed by atoms with Crippen molar-refractivity contribution in [2.75, 3.05) is 5.32 Å². The van der Waals surface area contributed by atoms with Crippen LogP contribution >= 0.6 is 11.3 Å². The molecule has 1 heterocycles. The third-order valence-electron chi connectivity index (χ3n) is 3.12. The lowest BCUT2D eigenvalue weighted by atomic mass is 9.84. The minimum atomic E-state index is -0.988. The Hall–Kier alpha value is -2.14. The number of carboxylic acids is 1. The van der Waals surface area contributed by atoms with Gasteiger partial charge in [0.25, 0.3) is 0 Å². The second-order valence-electron chi connectivity index (χ2n) is 4.91. The number of nitrogens with one attached hydrogen (secondary N) is 1. The number of aromatic carboxylic acids is 1. The number of carbonyl (C=O) groups excluding carboxylic acids is 1. The summed E-state index contributed by atoms with van der Waals surface area (Å²) in [4.78, 5) is 23.4. The van der Waals surface area contributed by atoms with Crippen LogP contribution in [0.4, 0.5) is 5.00 Å². The zero-order valence-corrected chi connectivity index (χ0v) is 12.0. The van der Waals surface area contributed by atoms with Crippen LogP contribution in [-0.2, 0) is 10.2 Å². The van der Waals surface area contributed by atoms with Crippen molar-refractivity contribution in [1.29, 1.82) is 0 Å². The topological polar surface area (TPSA) is 66.4 Å². The van der Waals surface area contributed by atoms with Crippen molar-refractivity contribution in [3.8, 4) is 0 Å². The number of thiophene rings is 1. The third-order valence-corrected chi connectivity index (χ3v) is 4.11. The molecule has 5 heteroatoms. The van der Waals surface area contributed by atoms with E-state index in [0.717, 1.165) is 16.9 Å². The number of carboxylic acid groups (broad SMARTS) is 1. The van der Waals surface area contributed by atoms with Crippen LogP contribution in [0.15, 0.2) is 42.5 Å². The Morgan fingerprint density at radius 2 is 1.75 bits per heavy atom. The first-order valence-corrected chi connectivity index (χ1v) is 6.93. The molecule has 4 nitrogen and oxygen atoms in total. The van der Waals surface area contributed by atoms with Crippen molar-refractivity contribution in [3.63, 3.8) is 0 Å². The van der Waals surface area contributed by atoms with Crippen LogP contribution in [0.5, 0.6) is 0 Å². The second-order valence-corrected chi connectivity index (χ2v) is 6.00. The normalized spacial score (nSPS) is 11.1. The maximum Gasteiger partial charge on any atom is 0.345 e. The van der Waals surface area contributed by atoms with Gasteiger partial charge in [-0.05, 0) is 31.5 Å². The predicted molar refractivity (Wildman–Crippen MR) is 79.4 cm³/mol. The first kappa shape index (κ1) is 14.3. The van der Waals surface area contributed by atoms with Crippen LogP contribution in [0.3, 0.4) is 0 Å². The van der Waals surface area contributed by atoms with E-state index in [-0.39, 0.29) is 10.8 Å². The van der Waals surface area contributed by atoms with E-state index < -0.39 is 11.4 Å². The lowest BCUT2D eigenvalue weighted by Crippen LogP contribution is -2.34. The predicted octanol–water partition coefficient (Wildman–Crippen LogP) is 3.36. The molecule has 2 aromatic rings. The summed E-state index contributed by atoms with van der Waals surface area (Å²) in [6, 6.07) is 12.6. The molecule has 0 saturated carbocycles. The SMILES string of the molecule is CC(C)(C(=O)Nc1ccc(C(=O)O)s1)c1ccccc1. The minimum absolute atomic E-state index is 0.164. The Balaban J connectivity index is 2.16. The molecule has 1 amide bonds. The number of carbonyl (C=O) groups is 2. The Labute approximate surface area is 121 Å². The Morgan fingerprint density at radius 1 is 1.10 bits per heavy atom. The number of benzene rings is 1. The fourth-order valence-corrected chi connectivity index (χ4v) is 2.51. The standard InChI is InChI=1S/C15H15NO3S/c1-15(2,10-6-4-3-5-7-10)14(19)16-12-9-8-11(20-12)13(17)18/h3-9H,1-2H3,(H,16,19)(H,17,18). The molecule has 0 spiro atoms. The van der Waals surface area contributed by atoms with E-state index in [0.29, 0.717) is 5.00 Å². The second kappa shape index (κ2) is 5.46. The van der Waals surface area contributed by atoms with Gasteiger partial charge in [-0.3, -0.25) is 4.79 Å². The van der Waals surface area contributed by atoms with E-state index in [4.69, 9.17) is 5.11 Å². The average Bonchev–Trinajstić information content (AvgIpc) is 2.88. The molecule has 0 unspecified atom stereocenters. The highest BCUT2D eigenvalue weighted by atomic mass is 32.1. The van der Waals surface area contributed by atoms with Gasteiger partial charge in [0.15, 0.2) is 0 Å². The number of anilines is 1. The number of rotatable bonds is 4. The first-order valence-electron chi connectivity index (χ1n) is 6.11. The van der Waals surface area contributed by atoms with E-state index in [1.807, 2.05) is 44.2 Å². The monoisotopic (exact) mass is 289 g/mol. The molecule has 0 saturated heterocycles. The first-order chi connectivity index (χ1) is 9.41. The van der Waals surface area contributed by atoms with Gasteiger partial charge in [0.05, 0.1) is 10.4 Å². The quantitative estimate of drug-likeness (QED) is 0.907. The molecule has 0 bridgehead atoms. The summed E-state index contributed by atoms with van der Waals surface area (Å²) in [7, 11) is 0. The summed E-state index contributed by atoms with van der Waals surface area (Å²) in [5, 5.41) is 12.2. The molecule has 0 fully saturated rings. The van der Waals surface area contributed by atoms with Gasteiger partial charge >= 0.3 is 5.97 Å². The molecule has 1 aromatic heterocycles. The van der Waals surface area contributed by atoms with Crippen LogP contribution in [-0.4, -0.2) is 17.0 Å². The van der Waals surface area contributed by atoms with Crippen molar-refractivity contribution in [2.45, 2.75) is 19.3 Å². The van der Waals surface area contributed by atoms with Crippen LogP contribution in [0.1, 0.15) is 29.1 Å². The highest BCUT2D eigenvalue weighted by Crippen LogP contribution is 2.27. The highest BCUT2D eigenvalue weighted by Gasteiger charge is 2.29. The van der Waals surface area contributed by atoms with Gasteiger partial charge < -0.3 is 10.4 Å². The number of hydrogen-bond acceptors (Lipinski definition) is 3. The van der Waals surface area contributed by atoms with Crippen molar-refractivity contribution < 1.29 is 14.7 Å². The molecule has 20 heavy (non-hydrogen) atoms. The molecule has 1 aromatic carbocycles. The van der Waals surface area contributed by atoms with Gasteiger partial charge in [-0.1, -0.05) is 30.3 Å². The van der Waals surface area contributed by atoms with E-state index in [1.54, 1.807) is 6.07 Å². The van der Waals surface area contributed by atoms with E-state index in [2.05, 4.69) is 5.32 Å². The van der Waals surface area contributed by atoms with Crippen molar-refractivity contribution in [2.24, 2.45) is 0 Å². The zero-order chi connectivity index (χ0) is 14.8. The Kier molecular flexibility index (Phi) is 3.90. The van der Waals surface area contributed by atoms with Crippen LogP contribution < -0.4 is 5.32 Å². The molecular formula is C15H15NO3S. The minimum Gasteiger partial charge on any atom is -0.477 e. The van der Waals surface area contributed by atoms with Gasteiger partial charge in [0, 0.05) is 0 Å². The molecular weight excluding hydrogens is 274 g/mol. The van der Waals surface area contributed by atoms with E-state index >= 15 is 0 Å². The molecule has 0 aliphatic carbocycles. The summed E-state index contributed by atoms with van der Waals surface area (Å²) in [6.45, 7) is 3.67. The van der Waals surface area contributed by atoms with Crippen molar-refractivity contribution >= 4 is 28.2 Å². The maximum atomic E-state index is 12.4. The zero-order valence-electron chi connectivity index (χ0n) is 11.2. The smallest absolute Gasteiger partial charge is 0.345 e. The summed E-state index contributed by atoms with van der Waals surface area (Å²) >= 11 is 1.05. The van der Waals surface area contributed by atoms with Gasteiger partial charge in [-0.15, -0.1) is 11.3 Å². The summed E-state index contributed by atoms with van der Waals surface area (Å²) in [5.41, 5.74) is 0.224. The lowest BCUT2D eigenvalue weighted by molar-refractivity contribution is -0.120. The largest absolute Gasteiger partial charge is 0.477 e. The molecule has 0 atom stereocenters. The highest BCUT2D eigenvalue weighted by molar-refractivity contribution is 7.18. The van der Waals surface area contributed by atoms with Crippen LogP contribution in [0, 0.1) is 0 Å². The van der Waals surface area contributed by atoms with E-state index in [9.17, 15) is 9.59 Å². The summed E-state index contributed by atoms with van der Waals surface area (Å²) in [5.74, 6) is -1.15. The van der Waals surface area contributed by atoms with Crippen molar-refractivity contribution in [3.05, 3.63) is 52.9 Å². The lowest BCUT2D eigenvalue weighted by Gasteiger charge is -2.23. The molecule has 2 rings (SSSR count). The third kappa shape index (κ3) is 2.88. The summed E-state index contributed by atoms with van der Waals surface area (Å²) in [6.07, 6.45) is 0. The maximum absolute atomic E-state index is 12.4. The summed E-state index contributed by atoms with van der Waals surface area (Å²) < 4.78 is 0. The molecule has 0 radical (unpaired) electrons. The fraction of sp³-hybridized carbons (Fsp3) is 0.200. The van der Waals surface area contributed by atoms with E-state index in [1.165, 1.54) is 6.07 Å². The molecule has 104 valence electrons. The van der Waals surface area contributed by atoms with Crippen LogP contribution in [0.25, 0.3) is 0 Å². The van der Waals surface area contributed by atoms with Gasteiger partial charge in [0.1, 0.15) is 4.88 Å². The van der Waals surface area contributed by atoms with Gasteiger partial charge in [-0.25, -0.2) is 4.79 Å². The number of amides is 1. The molecule has 0 aliphatic rings. The molecule has 0 aliphatic heterocycles. The Bertz CT molecular complexity index is 632. The van der Waals surface area contributed by atoms with Crippen molar-refractivity contribution in [1.82, 2.24) is 0 Å². The molecule has 2 N–H and O–H groups in total.